The van der Waals surface area contributed by atoms with Crippen LogP contribution in [0.2, 0.25) is 0 Å². The number of carbonyl (C=O) groups is 2. The van der Waals surface area contributed by atoms with E-state index in [0.29, 0.717) is 5.76 Å². The molecule has 3 amide bonds. The molecule has 0 aromatic heterocycles. The maximum Gasteiger partial charge on any atom is 0.326 e. The number of hydrogen-bond acceptors (Lipinski definition) is 3. The van der Waals surface area contributed by atoms with Gasteiger partial charge in [-0.1, -0.05) is 30.3 Å². The summed E-state index contributed by atoms with van der Waals surface area (Å²) in [6, 6.07) is 8.56. The summed E-state index contributed by atoms with van der Waals surface area (Å²) >= 11 is 0. The van der Waals surface area contributed by atoms with Crippen LogP contribution in [0, 0.1) is 0 Å². The van der Waals surface area contributed by atoms with Gasteiger partial charge in [0.2, 0.25) is 0 Å². The minimum atomic E-state index is -0.537. The molecule has 5 heteroatoms. The van der Waals surface area contributed by atoms with Crippen molar-refractivity contribution in [1.29, 1.82) is 0 Å². The first-order valence-electron chi connectivity index (χ1n) is 4.68. The Balaban J connectivity index is 2.47. The molecule has 0 atom stereocenters. The largest absolute Gasteiger partial charge is 0.494 e. The van der Waals surface area contributed by atoms with Gasteiger partial charge in [-0.2, -0.15) is 0 Å². The predicted molar refractivity (Wildman–Crippen MR) is 57.0 cm³/mol. The fraction of sp³-hybridized carbons (Fsp3) is 0.0909. The number of amides is 3. The Hall–Kier alpha value is -2.30. The van der Waals surface area contributed by atoms with E-state index in [-0.39, 0.29) is 5.70 Å². The van der Waals surface area contributed by atoms with Crippen molar-refractivity contribution in [2.45, 2.75) is 0 Å². The summed E-state index contributed by atoms with van der Waals surface area (Å²) in [6.07, 6.45) is 0. The zero-order valence-corrected chi connectivity index (χ0v) is 8.61. The van der Waals surface area contributed by atoms with Gasteiger partial charge in [-0.3, -0.25) is 15.4 Å². The number of carbonyl (C=O) groups excluding carboxylic acids is 2. The maximum absolute atomic E-state index is 11.4. The maximum atomic E-state index is 11.4. The van der Waals surface area contributed by atoms with E-state index in [1.165, 1.54) is 7.11 Å². The number of nitrogens with one attached hydrogen (secondary N) is 2. The molecule has 5 nitrogen and oxygen atoms in total. The highest BCUT2D eigenvalue weighted by Gasteiger charge is 2.27. The molecule has 1 aliphatic heterocycles. The van der Waals surface area contributed by atoms with Crippen molar-refractivity contribution in [2.24, 2.45) is 0 Å². The van der Waals surface area contributed by atoms with Gasteiger partial charge in [0.15, 0.2) is 11.5 Å². The Morgan fingerprint density at radius 1 is 1.12 bits per heavy atom. The van der Waals surface area contributed by atoms with E-state index in [0.717, 1.165) is 5.56 Å². The van der Waals surface area contributed by atoms with Crippen molar-refractivity contribution in [3.63, 3.8) is 0 Å². The van der Waals surface area contributed by atoms with Crippen LogP contribution >= 0.6 is 0 Å². The van der Waals surface area contributed by atoms with Gasteiger partial charge in [0.25, 0.3) is 5.91 Å². The standard InChI is InChI=1S/C11H10N2O3/c1-16-9(7-5-3-2-4-6-7)8-10(14)13-11(15)12-8/h2-6H,1H3,(H2,12,13,14,15). The Morgan fingerprint density at radius 2 is 1.81 bits per heavy atom. The van der Waals surface area contributed by atoms with Crippen molar-refractivity contribution in [2.75, 3.05) is 7.11 Å². The monoisotopic (exact) mass is 218 g/mol. The zero-order chi connectivity index (χ0) is 11.5. The third-order valence-corrected chi connectivity index (χ3v) is 2.16. The lowest BCUT2D eigenvalue weighted by Crippen LogP contribution is -2.22. The summed E-state index contributed by atoms with van der Waals surface area (Å²) in [5.74, 6) is -0.130. The number of ether oxygens (including phenoxy) is 1. The van der Waals surface area contributed by atoms with Gasteiger partial charge in [0, 0.05) is 5.56 Å². The van der Waals surface area contributed by atoms with Crippen LogP contribution in [0.25, 0.3) is 5.76 Å². The van der Waals surface area contributed by atoms with E-state index < -0.39 is 11.9 Å². The second kappa shape index (κ2) is 4.06. The van der Waals surface area contributed by atoms with Gasteiger partial charge < -0.3 is 4.74 Å². The Labute approximate surface area is 92.1 Å². The van der Waals surface area contributed by atoms with Gasteiger partial charge in [-0.05, 0) is 0 Å². The third kappa shape index (κ3) is 1.75. The molecule has 1 fully saturated rings. The van der Waals surface area contributed by atoms with E-state index in [2.05, 4.69) is 10.6 Å². The fourth-order valence-corrected chi connectivity index (χ4v) is 1.48. The molecular formula is C11H10N2O3. The minimum absolute atomic E-state index is 0.138. The van der Waals surface area contributed by atoms with Gasteiger partial charge in [-0.25, -0.2) is 4.79 Å². The van der Waals surface area contributed by atoms with E-state index in [1.807, 2.05) is 18.2 Å². The highest BCUT2D eigenvalue weighted by atomic mass is 16.5. The molecule has 0 unspecified atom stereocenters. The number of hydrogen-bond donors (Lipinski definition) is 2. The van der Waals surface area contributed by atoms with Crippen LogP contribution in [0.5, 0.6) is 0 Å². The molecule has 0 spiro atoms. The Bertz CT molecular complexity index is 465. The fourth-order valence-electron chi connectivity index (χ4n) is 1.48. The van der Waals surface area contributed by atoms with Gasteiger partial charge in [0.1, 0.15) is 0 Å². The smallest absolute Gasteiger partial charge is 0.326 e. The summed E-state index contributed by atoms with van der Waals surface area (Å²) in [6.45, 7) is 0. The number of urea groups is 1. The molecule has 0 aliphatic carbocycles. The number of imide groups is 1. The van der Waals surface area contributed by atoms with Crippen LogP contribution in [0.1, 0.15) is 5.56 Å². The molecule has 1 saturated heterocycles. The van der Waals surface area contributed by atoms with Crippen LogP contribution in [-0.4, -0.2) is 19.0 Å². The highest BCUT2D eigenvalue weighted by Crippen LogP contribution is 2.19. The number of rotatable bonds is 2. The molecule has 0 saturated carbocycles. The molecule has 0 bridgehead atoms. The van der Waals surface area contributed by atoms with Gasteiger partial charge in [0.05, 0.1) is 7.11 Å². The second-order valence-electron chi connectivity index (χ2n) is 3.18. The summed E-state index contributed by atoms with van der Waals surface area (Å²) in [5, 5.41) is 4.53. The van der Waals surface area contributed by atoms with Crippen LogP contribution < -0.4 is 10.6 Å². The topological polar surface area (TPSA) is 67.4 Å². The van der Waals surface area contributed by atoms with E-state index in [9.17, 15) is 9.59 Å². The van der Waals surface area contributed by atoms with Crippen LogP contribution in [-0.2, 0) is 9.53 Å². The minimum Gasteiger partial charge on any atom is -0.494 e. The van der Waals surface area contributed by atoms with Crippen LogP contribution in [0.15, 0.2) is 36.0 Å². The second-order valence-corrected chi connectivity index (χ2v) is 3.18. The first-order chi connectivity index (χ1) is 7.72. The van der Waals surface area contributed by atoms with Crippen molar-refractivity contribution < 1.29 is 14.3 Å². The molecule has 82 valence electrons. The van der Waals surface area contributed by atoms with E-state index in [1.54, 1.807) is 12.1 Å². The molecule has 1 heterocycles. The Morgan fingerprint density at radius 3 is 2.31 bits per heavy atom. The quantitative estimate of drug-likeness (QED) is 0.439. The lowest BCUT2D eigenvalue weighted by Gasteiger charge is -2.08. The van der Waals surface area contributed by atoms with Gasteiger partial charge in [-0.15, -0.1) is 0 Å². The average molecular weight is 218 g/mol. The lowest BCUT2D eigenvalue weighted by molar-refractivity contribution is -0.115. The van der Waals surface area contributed by atoms with E-state index in [4.69, 9.17) is 4.74 Å². The molecule has 1 aromatic carbocycles. The molecule has 2 N–H and O–H groups in total. The first-order valence-corrected chi connectivity index (χ1v) is 4.68. The highest BCUT2D eigenvalue weighted by molar-refractivity contribution is 6.15. The van der Waals surface area contributed by atoms with Crippen molar-refractivity contribution in [3.8, 4) is 0 Å². The molecule has 16 heavy (non-hydrogen) atoms. The molecule has 1 aromatic rings. The van der Waals surface area contributed by atoms with Crippen LogP contribution in [0.4, 0.5) is 4.79 Å². The van der Waals surface area contributed by atoms with Crippen molar-refractivity contribution in [1.82, 2.24) is 10.6 Å². The number of benzene rings is 1. The SMILES string of the molecule is COC(=C1NC(=O)NC1=O)c1ccccc1. The molecule has 0 radical (unpaired) electrons. The molecule has 1 aliphatic rings. The first kappa shape index (κ1) is 10.2. The third-order valence-electron chi connectivity index (χ3n) is 2.16. The van der Waals surface area contributed by atoms with Gasteiger partial charge >= 0.3 is 6.03 Å². The van der Waals surface area contributed by atoms with Crippen LogP contribution in [0.3, 0.4) is 0 Å². The predicted octanol–water partition coefficient (Wildman–Crippen LogP) is 0.841. The average Bonchev–Trinajstić information content (AvgIpc) is 2.61. The summed E-state index contributed by atoms with van der Waals surface area (Å²) < 4.78 is 5.14. The zero-order valence-electron chi connectivity index (χ0n) is 8.61. The lowest BCUT2D eigenvalue weighted by atomic mass is 10.1. The normalized spacial score (nSPS) is 17.8. The Kier molecular flexibility index (Phi) is 2.59. The summed E-state index contributed by atoms with van der Waals surface area (Å²) in [5.41, 5.74) is 0.871. The molecular weight excluding hydrogens is 208 g/mol. The number of methoxy groups -OCH3 is 1. The van der Waals surface area contributed by atoms with Crippen molar-refractivity contribution in [3.05, 3.63) is 41.6 Å². The van der Waals surface area contributed by atoms with E-state index >= 15 is 0 Å². The summed E-state index contributed by atoms with van der Waals surface area (Å²) in [4.78, 5) is 22.4. The van der Waals surface area contributed by atoms with Crippen molar-refractivity contribution >= 4 is 17.7 Å². The molecule has 2 rings (SSSR count). The summed E-state index contributed by atoms with van der Waals surface area (Å²) in [7, 11) is 1.45.